The molecule has 0 spiro atoms. The molecule has 1 aliphatic carbocycles. The van der Waals surface area contributed by atoms with Crippen LogP contribution in [-0.4, -0.2) is 13.2 Å². The van der Waals surface area contributed by atoms with E-state index in [2.05, 4.69) is 18.8 Å². The van der Waals surface area contributed by atoms with E-state index in [-0.39, 0.29) is 0 Å². The van der Waals surface area contributed by atoms with Crippen molar-refractivity contribution in [2.75, 3.05) is 7.11 Å². The highest BCUT2D eigenvalue weighted by Gasteiger charge is 2.36. The number of hydrogen-bond donors (Lipinski definition) is 0. The molecule has 0 amide bonds. The molecule has 1 aliphatic rings. The van der Waals surface area contributed by atoms with Gasteiger partial charge in [-0.25, -0.2) is 0 Å². The van der Waals surface area contributed by atoms with Crippen molar-refractivity contribution in [1.82, 2.24) is 0 Å². The Bertz CT molecular complexity index is 152. The van der Waals surface area contributed by atoms with E-state index in [0.29, 0.717) is 6.10 Å². The van der Waals surface area contributed by atoms with Gasteiger partial charge in [0.2, 0.25) is 0 Å². The fraction of sp³-hybridized carbons (Fsp3) is 0.778. The van der Waals surface area contributed by atoms with Gasteiger partial charge < -0.3 is 4.74 Å². The van der Waals surface area contributed by atoms with Gasteiger partial charge in [0.15, 0.2) is 0 Å². The molecule has 0 aromatic heterocycles. The van der Waals surface area contributed by atoms with E-state index < -0.39 is 0 Å². The fourth-order valence-corrected chi connectivity index (χ4v) is 1.05. The van der Waals surface area contributed by atoms with Gasteiger partial charge in [-0.3, -0.25) is 0 Å². The Hall–Kier alpha value is -0.480. The number of ether oxygens (including phenoxy) is 1. The van der Waals surface area contributed by atoms with Crippen LogP contribution in [0.5, 0.6) is 0 Å². The zero-order valence-corrected chi connectivity index (χ0v) is 6.68. The maximum atomic E-state index is 5.14. The van der Waals surface area contributed by atoms with E-state index in [1.54, 1.807) is 7.11 Å². The predicted molar refractivity (Wildman–Crippen MR) is 41.6 cm³/mol. The van der Waals surface area contributed by atoms with Crippen molar-refractivity contribution in [2.24, 2.45) is 5.92 Å². The minimum absolute atomic E-state index is 0.520. The highest BCUT2D eigenvalue weighted by Crippen LogP contribution is 2.35. The van der Waals surface area contributed by atoms with Crippen molar-refractivity contribution in [3.05, 3.63) is 0 Å². The van der Waals surface area contributed by atoms with Gasteiger partial charge in [-0.2, -0.15) is 0 Å². The van der Waals surface area contributed by atoms with Crippen LogP contribution in [0.2, 0.25) is 0 Å². The number of methoxy groups -OCH3 is 1. The van der Waals surface area contributed by atoms with Crippen molar-refractivity contribution in [3.63, 3.8) is 0 Å². The molecule has 0 aromatic rings. The molecule has 0 aliphatic heterocycles. The lowest BCUT2D eigenvalue weighted by Crippen LogP contribution is -1.89. The van der Waals surface area contributed by atoms with Crippen LogP contribution in [0.4, 0.5) is 0 Å². The van der Waals surface area contributed by atoms with Crippen molar-refractivity contribution in [2.45, 2.75) is 32.3 Å². The molecule has 1 nitrogen and oxygen atoms in total. The van der Waals surface area contributed by atoms with Gasteiger partial charge in [0.25, 0.3) is 0 Å². The summed E-state index contributed by atoms with van der Waals surface area (Å²) in [4.78, 5) is 0. The van der Waals surface area contributed by atoms with Gasteiger partial charge in [0.1, 0.15) is 0 Å². The van der Waals surface area contributed by atoms with Gasteiger partial charge in [0, 0.05) is 20.0 Å². The second kappa shape index (κ2) is 3.63. The van der Waals surface area contributed by atoms with E-state index in [0.717, 1.165) is 18.8 Å². The quantitative estimate of drug-likeness (QED) is 0.529. The summed E-state index contributed by atoms with van der Waals surface area (Å²) in [5.74, 6) is 6.93. The van der Waals surface area contributed by atoms with Gasteiger partial charge >= 0.3 is 0 Å². The Balaban J connectivity index is 2.06. The summed E-state index contributed by atoms with van der Waals surface area (Å²) >= 11 is 0. The minimum atomic E-state index is 0.520. The lowest BCUT2D eigenvalue weighted by molar-refractivity contribution is 0.170. The zero-order valence-electron chi connectivity index (χ0n) is 6.68. The molecule has 1 rings (SSSR count). The van der Waals surface area contributed by atoms with E-state index in [4.69, 9.17) is 4.74 Å². The maximum absolute atomic E-state index is 5.14. The third-order valence-electron chi connectivity index (χ3n) is 1.83. The third kappa shape index (κ3) is 2.04. The molecule has 1 heteroatoms. The highest BCUT2D eigenvalue weighted by atomic mass is 16.5. The normalized spacial score (nSPS) is 29.0. The summed E-state index contributed by atoms with van der Waals surface area (Å²) in [6.45, 7) is 2.08. The Morgan fingerprint density at radius 3 is 2.80 bits per heavy atom. The third-order valence-corrected chi connectivity index (χ3v) is 1.83. The minimum Gasteiger partial charge on any atom is -0.381 e. The molecule has 0 N–H and O–H groups in total. The first-order valence-corrected chi connectivity index (χ1v) is 3.87. The molecular formula is C9H14O. The summed E-state index contributed by atoms with van der Waals surface area (Å²) in [6.07, 6.45) is 3.75. The first kappa shape index (κ1) is 7.63. The molecule has 10 heavy (non-hydrogen) atoms. The SMILES string of the molecule is CCC#CCC1CC1OC. The first-order chi connectivity index (χ1) is 4.88. The van der Waals surface area contributed by atoms with Crippen LogP contribution in [0.15, 0.2) is 0 Å². The largest absolute Gasteiger partial charge is 0.381 e. The molecule has 2 unspecified atom stereocenters. The summed E-state index contributed by atoms with van der Waals surface area (Å²) in [7, 11) is 1.78. The molecule has 0 bridgehead atoms. The van der Waals surface area contributed by atoms with Gasteiger partial charge in [-0.1, -0.05) is 6.92 Å². The van der Waals surface area contributed by atoms with E-state index in [9.17, 15) is 0 Å². The second-order valence-electron chi connectivity index (χ2n) is 2.68. The summed E-state index contributed by atoms with van der Waals surface area (Å²) in [5.41, 5.74) is 0. The van der Waals surface area contributed by atoms with Crippen molar-refractivity contribution in [1.29, 1.82) is 0 Å². The summed E-state index contributed by atoms with van der Waals surface area (Å²) < 4.78 is 5.14. The summed E-state index contributed by atoms with van der Waals surface area (Å²) in [6, 6.07) is 0. The predicted octanol–water partition coefficient (Wildman–Crippen LogP) is 1.82. The average Bonchev–Trinajstić information content (AvgIpc) is 2.68. The standard InChI is InChI=1S/C9H14O/c1-3-4-5-6-8-7-9(8)10-2/h8-9H,3,6-7H2,1-2H3. The Morgan fingerprint density at radius 2 is 2.30 bits per heavy atom. The Morgan fingerprint density at radius 1 is 1.50 bits per heavy atom. The maximum Gasteiger partial charge on any atom is 0.0613 e. The Kier molecular flexibility index (Phi) is 2.77. The molecule has 56 valence electrons. The molecule has 0 heterocycles. The van der Waals surface area contributed by atoms with Gasteiger partial charge in [-0.15, -0.1) is 11.8 Å². The van der Waals surface area contributed by atoms with Crippen LogP contribution in [-0.2, 0) is 4.74 Å². The van der Waals surface area contributed by atoms with Crippen LogP contribution < -0.4 is 0 Å². The molecule has 1 fully saturated rings. The summed E-state index contributed by atoms with van der Waals surface area (Å²) in [5, 5.41) is 0. The van der Waals surface area contributed by atoms with E-state index >= 15 is 0 Å². The lowest BCUT2D eigenvalue weighted by atomic mass is 10.3. The van der Waals surface area contributed by atoms with Crippen LogP contribution in [0.3, 0.4) is 0 Å². The van der Waals surface area contributed by atoms with Crippen LogP contribution >= 0.6 is 0 Å². The zero-order chi connectivity index (χ0) is 7.40. The smallest absolute Gasteiger partial charge is 0.0613 e. The van der Waals surface area contributed by atoms with Crippen LogP contribution in [0.25, 0.3) is 0 Å². The van der Waals surface area contributed by atoms with E-state index in [1.165, 1.54) is 6.42 Å². The fourth-order valence-electron chi connectivity index (χ4n) is 1.05. The first-order valence-electron chi connectivity index (χ1n) is 3.87. The highest BCUT2D eigenvalue weighted by molar-refractivity contribution is 5.04. The number of hydrogen-bond acceptors (Lipinski definition) is 1. The topological polar surface area (TPSA) is 9.23 Å². The Labute approximate surface area is 62.8 Å². The molecule has 2 atom stereocenters. The van der Waals surface area contributed by atoms with E-state index in [1.807, 2.05) is 0 Å². The number of rotatable bonds is 2. The van der Waals surface area contributed by atoms with Gasteiger partial charge in [0.05, 0.1) is 6.10 Å². The molecule has 1 saturated carbocycles. The monoisotopic (exact) mass is 138 g/mol. The lowest BCUT2D eigenvalue weighted by Gasteiger charge is -1.89. The molecule has 0 saturated heterocycles. The molecule has 0 radical (unpaired) electrons. The van der Waals surface area contributed by atoms with Gasteiger partial charge in [-0.05, 0) is 12.3 Å². The average molecular weight is 138 g/mol. The van der Waals surface area contributed by atoms with Crippen LogP contribution in [0.1, 0.15) is 26.2 Å². The van der Waals surface area contributed by atoms with Crippen LogP contribution in [0, 0.1) is 17.8 Å². The molecular weight excluding hydrogens is 124 g/mol. The van der Waals surface area contributed by atoms with Crippen molar-refractivity contribution in [3.8, 4) is 11.8 Å². The van der Waals surface area contributed by atoms with Crippen molar-refractivity contribution < 1.29 is 4.74 Å². The van der Waals surface area contributed by atoms with Crippen molar-refractivity contribution >= 4 is 0 Å². The second-order valence-corrected chi connectivity index (χ2v) is 2.68. The molecule has 0 aromatic carbocycles.